The van der Waals surface area contributed by atoms with Gasteiger partial charge in [0.2, 0.25) is 5.91 Å². The monoisotopic (exact) mass is 352 g/mol. The largest absolute Gasteiger partial charge is 0.359 e. The van der Waals surface area contributed by atoms with E-state index in [0.717, 1.165) is 48.9 Å². The minimum Gasteiger partial charge on any atom is -0.359 e. The summed E-state index contributed by atoms with van der Waals surface area (Å²) >= 11 is 0. The first-order valence-electron chi connectivity index (χ1n) is 9.33. The van der Waals surface area contributed by atoms with Crippen LogP contribution < -0.4 is 15.5 Å². The zero-order valence-corrected chi connectivity index (χ0v) is 15.0. The molecule has 26 heavy (non-hydrogen) atoms. The fourth-order valence-electron chi connectivity index (χ4n) is 3.61. The van der Waals surface area contributed by atoms with Crippen molar-refractivity contribution in [3.8, 4) is 0 Å². The van der Waals surface area contributed by atoms with E-state index in [1.807, 2.05) is 30.3 Å². The minimum atomic E-state index is -0.0363. The lowest BCUT2D eigenvalue weighted by atomic mass is 9.97. The summed E-state index contributed by atoms with van der Waals surface area (Å²) in [5, 5.41) is 6.69. The van der Waals surface area contributed by atoms with Crippen LogP contribution >= 0.6 is 0 Å². The molecule has 2 fully saturated rings. The van der Waals surface area contributed by atoms with Crippen molar-refractivity contribution in [2.24, 2.45) is 5.92 Å². The molecule has 1 aliphatic heterocycles. The standard InChI is InChI=1S/C20H24N4O2/c1-21-19(25)13-5-4-10-24(12-13)18-11-16(20(26)22-14-8-9-14)15-6-2-3-7-17(15)23-18/h2-3,6-7,11,13-14H,4-5,8-10,12H2,1H3,(H,21,25)(H,22,26). The van der Waals surface area contributed by atoms with E-state index >= 15 is 0 Å². The highest BCUT2D eigenvalue weighted by molar-refractivity contribution is 6.07. The third kappa shape index (κ3) is 3.36. The maximum atomic E-state index is 12.7. The maximum Gasteiger partial charge on any atom is 0.252 e. The van der Waals surface area contributed by atoms with E-state index in [4.69, 9.17) is 4.98 Å². The highest BCUT2D eigenvalue weighted by Gasteiger charge is 2.28. The molecule has 136 valence electrons. The van der Waals surface area contributed by atoms with Gasteiger partial charge >= 0.3 is 0 Å². The van der Waals surface area contributed by atoms with E-state index in [-0.39, 0.29) is 17.7 Å². The molecule has 6 nitrogen and oxygen atoms in total. The fourth-order valence-corrected chi connectivity index (χ4v) is 3.61. The molecule has 2 aromatic rings. The van der Waals surface area contributed by atoms with Crippen molar-refractivity contribution in [1.29, 1.82) is 0 Å². The Bertz CT molecular complexity index is 847. The van der Waals surface area contributed by atoms with Crippen LogP contribution in [0.25, 0.3) is 10.9 Å². The van der Waals surface area contributed by atoms with Gasteiger partial charge in [0, 0.05) is 31.6 Å². The molecule has 1 unspecified atom stereocenters. The van der Waals surface area contributed by atoms with Gasteiger partial charge in [0.15, 0.2) is 0 Å². The molecule has 1 aromatic carbocycles. The van der Waals surface area contributed by atoms with Gasteiger partial charge in [-0.3, -0.25) is 9.59 Å². The number of piperidine rings is 1. The van der Waals surface area contributed by atoms with Gasteiger partial charge in [-0.1, -0.05) is 18.2 Å². The predicted molar refractivity (Wildman–Crippen MR) is 101 cm³/mol. The Hall–Kier alpha value is -2.63. The van der Waals surface area contributed by atoms with Gasteiger partial charge in [-0.2, -0.15) is 0 Å². The molecule has 2 aliphatic rings. The molecule has 0 spiro atoms. The van der Waals surface area contributed by atoms with E-state index in [1.54, 1.807) is 7.05 Å². The Balaban J connectivity index is 1.68. The van der Waals surface area contributed by atoms with Crippen LogP contribution in [0.3, 0.4) is 0 Å². The number of benzene rings is 1. The molecule has 1 atom stereocenters. The summed E-state index contributed by atoms with van der Waals surface area (Å²) in [4.78, 5) is 31.7. The lowest BCUT2D eigenvalue weighted by Gasteiger charge is -2.33. The van der Waals surface area contributed by atoms with Gasteiger partial charge in [-0.25, -0.2) is 4.98 Å². The summed E-state index contributed by atoms with van der Waals surface area (Å²) in [6.07, 6.45) is 3.94. The number of aromatic nitrogens is 1. The summed E-state index contributed by atoms with van der Waals surface area (Å²) in [6, 6.07) is 9.94. The van der Waals surface area contributed by atoms with E-state index < -0.39 is 0 Å². The smallest absolute Gasteiger partial charge is 0.252 e. The maximum absolute atomic E-state index is 12.7. The quantitative estimate of drug-likeness (QED) is 0.884. The van der Waals surface area contributed by atoms with Gasteiger partial charge in [0.1, 0.15) is 5.82 Å². The Morgan fingerprint density at radius 1 is 1.19 bits per heavy atom. The van der Waals surface area contributed by atoms with Crippen molar-refractivity contribution in [2.75, 3.05) is 25.0 Å². The molecular weight excluding hydrogens is 328 g/mol. The number of carbonyl (C=O) groups excluding carboxylic acids is 2. The second-order valence-corrected chi connectivity index (χ2v) is 7.19. The number of rotatable bonds is 4. The lowest BCUT2D eigenvalue weighted by Crippen LogP contribution is -2.42. The second kappa shape index (κ2) is 6.94. The number of hydrogen-bond donors (Lipinski definition) is 2. The number of para-hydroxylation sites is 1. The summed E-state index contributed by atoms with van der Waals surface area (Å²) in [5.74, 6) is 0.776. The van der Waals surface area contributed by atoms with Crippen molar-refractivity contribution in [3.05, 3.63) is 35.9 Å². The minimum absolute atomic E-state index is 0.0350. The SMILES string of the molecule is CNC(=O)C1CCCN(c2cc(C(=O)NC3CC3)c3ccccc3n2)C1. The van der Waals surface area contributed by atoms with Crippen LogP contribution in [0.1, 0.15) is 36.0 Å². The molecule has 0 bridgehead atoms. The van der Waals surface area contributed by atoms with Crippen LogP contribution in [0, 0.1) is 5.92 Å². The zero-order chi connectivity index (χ0) is 18.1. The molecule has 1 saturated heterocycles. The summed E-state index contributed by atoms with van der Waals surface area (Å²) in [7, 11) is 1.68. The molecule has 2 amide bonds. The number of pyridine rings is 1. The van der Waals surface area contributed by atoms with Gasteiger partial charge in [0.25, 0.3) is 5.91 Å². The summed E-state index contributed by atoms with van der Waals surface area (Å²) in [6.45, 7) is 1.48. The number of hydrogen-bond acceptors (Lipinski definition) is 4. The topological polar surface area (TPSA) is 74.3 Å². The third-order valence-corrected chi connectivity index (χ3v) is 5.22. The van der Waals surface area contributed by atoms with E-state index in [9.17, 15) is 9.59 Å². The number of nitrogens with one attached hydrogen (secondary N) is 2. The van der Waals surface area contributed by atoms with Gasteiger partial charge < -0.3 is 15.5 Å². The molecular formula is C20H24N4O2. The molecule has 0 radical (unpaired) electrons. The zero-order valence-electron chi connectivity index (χ0n) is 15.0. The number of amides is 2. The van der Waals surface area contributed by atoms with E-state index in [1.165, 1.54) is 0 Å². The summed E-state index contributed by atoms with van der Waals surface area (Å²) < 4.78 is 0. The lowest BCUT2D eigenvalue weighted by molar-refractivity contribution is -0.124. The van der Waals surface area contributed by atoms with Crippen molar-refractivity contribution in [2.45, 2.75) is 31.7 Å². The first-order chi connectivity index (χ1) is 12.7. The number of nitrogens with zero attached hydrogens (tertiary/aromatic N) is 2. The van der Waals surface area contributed by atoms with Crippen LogP contribution in [-0.2, 0) is 4.79 Å². The Kier molecular flexibility index (Phi) is 4.49. The number of fused-ring (bicyclic) bond motifs is 1. The fraction of sp³-hybridized carbons (Fsp3) is 0.450. The van der Waals surface area contributed by atoms with Gasteiger partial charge in [-0.05, 0) is 37.8 Å². The number of anilines is 1. The molecule has 6 heteroatoms. The molecule has 1 aromatic heterocycles. The van der Waals surface area contributed by atoms with Crippen LogP contribution in [0.5, 0.6) is 0 Å². The highest BCUT2D eigenvalue weighted by atomic mass is 16.2. The van der Waals surface area contributed by atoms with E-state index in [2.05, 4.69) is 15.5 Å². The first-order valence-corrected chi connectivity index (χ1v) is 9.33. The average molecular weight is 352 g/mol. The van der Waals surface area contributed by atoms with Crippen molar-refractivity contribution in [3.63, 3.8) is 0 Å². The number of carbonyl (C=O) groups is 2. The predicted octanol–water partition coefficient (Wildman–Crippen LogP) is 2.09. The van der Waals surface area contributed by atoms with Crippen LogP contribution in [0.4, 0.5) is 5.82 Å². The molecule has 1 aliphatic carbocycles. The van der Waals surface area contributed by atoms with Crippen LogP contribution in [-0.4, -0.2) is 43.0 Å². The Labute approximate surface area is 153 Å². The van der Waals surface area contributed by atoms with Gasteiger partial charge in [-0.15, -0.1) is 0 Å². The van der Waals surface area contributed by atoms with Gasteiger partial charge in [0.05, 0.1) is 17.0 Å². The van der Waals surface area contributed by atoms with E-state index in [0.29, 0.717) is 18.2 Å². The highest BCUT2D eigenvalue weighted by Crippen LogP contribution is 2.28. The molecule has 2 N–H and O–H groups in total. The van der Waals surface area contributed by atoms with Crippen molar-refractivity contribution in [1.82, 2.24) is 15.6 Å². The van der Waals surface area contributed by atoms with Crippen molar-refractivity contribution < 1.29 is 9.59 Å². The first kappa shape index (κ1) is 16.8. The Morgan fingerprint density at radius 3 is 2.77 bits per heavy atom. The molecule has 4 rings (SSSR count). The average Bonchev–Trinajstić information content (AvgIpc) is 3.50. The third-order valence-electron chi connectivity index (χ3n) is 5.22. The molecule has 1 saturated carbocycles. The van der Waals surface area contributed by atoms with Crippen molar-refractivity contribution >= 4 is 28.5 Å². The Morgan fingerprint density at radius 2 is 2.00 bits per heavy atom. The van der Waals surface area contributed by atoms with Crippen LogP contribution in [0.15, 0.2) is 30.3 Å². The van der Waals surface area contributed by atoms with Crippen LogP contribution in [0.2, 0.25) is 0 Å². The molecule has 2 heterocycles. The second-order valence-electron chi connectivity index (χ2n) is 7.19. The normalized spacial score (nSPS) is 20.0. The summed E-state index contributed by atoms with van der Waals surface area (Å²) in [5.41, 5.74) is 1.48.